The van der Waals surface area contributed by atoms with E-state index in [0.717, 1.165) is 31.3 Å². The van der Waals surface area contributed by atoms with Gasteiger partial charge in [-0.3, -0.25) is 0 Å². The van der Waals surface area contributed by atoms with Gasteiger partial charge in [-0.25, -0.2) is 4.98 Å². The van der Waals surface area contributed by atoms with E-state index >= 15 is 0 Å². The van der Waals surface area contributed by atoms with Gasteiger partial charge in [-0.2, -0.15) is 4.98 Å². The molecule has 0 spiro atoms. The van der Waals surface area contributed by atoms with Crippen LogP contribution in [0.1, 0.15) is 25.6 Å². The number of rotatable bonds is 5. The highest BCUT2D eigenvalue weighted by molar-refractivity contribution is 5.38. The third-order valence-electron chi connectivity index (χ3n) is 3.08. The fourth-order valence-corrected chi connectivity index (χ4v) is 2.20. The SMILES string of the molecule is CCOc1cc(NCC2CCCNC2)nc(C)n1. The molecule has 100 valence electrons. The highest BCUT2D eigenvalue weighted by atomic mass is 16.5. The fourth-order valence-electron chi connectivity index (χ4n) is 2.20. The van der Waals surface area contributed by atoms with E-state index in [1.54, 1.807) is 0 Å². The zero-order chi connectivity index (χ0) is 12.8. The van der Waals surface area contributed by atoms with Crippen LogP contribution in [0.25, 0.3) is 0 Å². The molecule has 0 radical (unpaired) electrons. The van der Waals surface area contributed by atoms with Crippen LogP contribution in [0.2, 0.25) is 0 Å². The fraction of sp³-hybridized carbons (Fsp3) is 0.692. The lowest BCUT2D eigenvalue weighted by Crippen LogP contribution is -2.33. The lowest BCUT2D eigenvalue weighted by atomic mass is 10.00. The molecule has 0 bridgehead atoms. The van der Waals surface area contributed by atoms with Gasteiger partial charge in [0.1, 0.15) is 11.6 Å². The average molecular weight is 250 g/mol. The third kappa shape index (κ3) is 3.84. The van der Waals surface area contributed by atoms with E-state index in [9.17, 15) is 0 Å². The first-order chi connectivity index (χ1) is 8.78. The average Bonchev–Trinajstić information content (AvgIpc) is 2.37. The van der Waals surface area contributed by atoms with Gasteiger partial charge in [0.2, 0.25) is 5.88 Å². The summed E-state index contributed by atoms with van der Waals surface area (Å²) >= 11 is 0. The molecule has 1 unspecified atom stereocenters. The Balaban J connectivity index is 1.91. The van der Waals surface area contributed by atoms with Gasteiger partial charge in [0.25, 0.3) is 0 Å². The Morgan fingerprint density at radius 3 is 3.11 bits per heavy atom. The molecule has 1 aromatic rings. The minimum absolute atomic E-state index is 0.627. The second kappa shape index (κ2) is 6.54. The van der Waals surface area contributed by atoms with Crippen molar-refractivity contribution in [1.29, 1.82) is 0 Å². The van der Waals surface area contributed by atoms with Gasteiger partial charge >= 0.3 is 0 Å². The quantitative estimate of drug-likeness (QED) is 0.831. The highest BCUT2D eigenvalue weighted by Gasteiger charge is 2.13. The first-order valence-corrected chi connectivity index (χ1v) is 6.71. The Hall–Kier alpha value is -1.36. The molecule has 1 aliphatic heterocycles. The van der Waals surface area contributed by atoms with E-state index < -0.39 is 0 Å². The molecule has 5 heteroatoms. The maximum absolute atomic E-state index is 5.42. The molecule has 1 saturated heterocycles. The maximum atomic E-state index is 5.42. The van der Waals surface area contributed by atoms with Crippen LogP contribution in [0.3, 0.4) is 0 Å². The van der Waals surface area contributed by atoms with Crippen molar-refractivity contribution in [3.63, 3.8) is 0 Å². The molecule has 0 amide bonds. The zero-order valence-corrected chi connectivity index (χ0v) is 11.2. The molecule has 2 rings (SSSR count). The number of nitrogens with one attached hydrogen (secondary N) is 2. The number of piperidine rings is 1. The molecular weight excluding hydrogens is 228 g/mol. The summed E-state index contributed by atoms with van der Waals surface area (Å²) in [5, 5.41) is 6.80. The Labute approximate surface area is 108 Å². The Morgan fingerprint density at radius 1 is 1.50 bits per heavy atom. The number of nitrogens with zero attached hydrogens (tertiary/aromatic N) is 2. The second-order valence-corrected chi connectivity index (χ2v) is 4.66. The van der Waals surface area contributed by atoms with Gasteiger partial charge in [-0.05, 0) is 45.7 Å². The molecule has 0 aliphatic carbocycles. The van der Waals surface area contributed by atoms with Gasteiger partial charge in [0.05, 0.1) is 6.61 Å². The first-order valence-electron chi connectivity index (χ1n) is 6.71. The van der Waals surface area contributed by atoms with Gasteiger partial charge in [-0.1, -0.05) is 0 Å². The molecule has 2 N–H and O–H groups in total. The first kappa shape index (κ1) is 13.1. The van der Waals surface area contributed by atoms with Crippen molar-refractivity contribution >= 4 is 5.82 Å². The van der Waals surface area contributed by atoms with E-state index in [1.807, 2.05) is 19.9 Å². The Morgan fingerprint density at radius 2 is 2.39 bits per heavy atom. The van der Waals surface area contributed by atoms with Crippen molar-refractivity contribution in [2.75, 3.05) is 31.6 Å². The molecular formula is C13H22N4O. The van der Waals surface area contributed by atoms with Crippen molar-refractivity contribution in [3.05, 3.63) is 11.9 Å². The zero-order valence-electron chi connectivity index (χ0n) is 11.2. The Bertz CT molecular complexity index is 377. The summed E-state index contributed by atoms with van der Waals surface area (Å²) in [6.45, 7) is 7.67. The van der Waals surface area contributed by atoms with Crippen LogP contribution in [-0.2, 0) is 0 Å². The summed E-state index contributed by atoms with van der Waals surface area (Å²) in [6, 6.07) is 1.87. The number of hydrogen-bond donors (Lipinski definition) is 2. The van der Waals surface area contributed by atoms with Gasteiger partial charge in [0.15, 0.2) is 0 Å². The molecule has 0 saturated carbocycles. The van der Waals surface area contributed by atoms with E-state index in [1.165, 1.54) is 12.8 Å². The van der Waals surface area contributed by atoms with E-state index in [4.69, 9.17) is 4.74 Å². The summed E-state index contributed by atoms with van der Waals surface area (Å²) in [5.74, 6) is 2.93. The summed E-state index contributed by atoms with van der Waals surface area (Å²) in [4.78, 5) is 8.61. The van der Waals surface area contributed by atoms with Crippen molar-refractivity contribution in [2.45, 2.75) is 26.7 Å². The summed E-state index contributed by atoms with van der Waals surface area (Å²) in [7, 11) is 0. The molecule has 1 fully saturated rings. The van der Waals surface area contributed by atoms with Crippen molar-refractivity contribution in [1.82, 2.24) is 15.3 Å². The lowest BCUT2D eigenvalue weighted by molar-refractivity contribution is 0.325. The molecule has 1 atom stereocenters. The number of aromatic nitrogens is 2. The van der Waals surface area contributed by atoms with Gasteiger partial charge in [0, 0.05) is 12.6 Å². The standard InChI is InChI=1S/C13H22N4O/c1-3-18-13-7-12(16-10(2)17-13)15-9-11-5-4-6-14-8-11/h7,11,14H,3-6,8-9H2,1-2H3,(H,15,16,17). The van der Waals surface area contributed by atoms with Crippen LogP contribution in [0, 0.1) is 12.8 Å². The lowest BCUT2D eigenvalue weighted by Gasteiger charge is -2.23. The van der Waals surface area contributed by atoms with Crippen molar-refractivity contribution < 1.29 is 4.74 Å². The monoisotopic (exact) mass is 250 g/mol. The van der Waals surface area contributed by atoms with E-state index in [-0.39, 0.29) is 0 Å². The number of ether oxygens (including phenoxy) is 1. The molecule has 1 aliphatic rings. The number of aryl methyl sites for hydroxylation is 1. The molecule has 2 heterocycles. The van der Waals surface area contributed by atoms with Crippen LogP contribution in [0.5, 0.6) is 5.88 Å². The minimum atomic E-state index is 0.627. The van der Waals surface area contributed by atoms with Crippen LogP contribution in [-0.4, -0.2) is 36.2 Å². The smallest absolute Gasteiger partial charge is 0.218 e. The predicted molar refractivity (Wildman–Crippen MR) is 72.0 cm³/mol. The third-order valence-corrected chi connectivity index (χ3v) is 3.08. The van der Waals surface area contributed by atoms with Crippen LogP contribution >= 0.6 is 0 Å². The van der Waals surface area contributed by atoms with Crippen LogP contribution < -0.4 is 15.4 Å². The normalized spacial score (nSPS) is 19.6. The second-order valence-electron chi connectivity index (χ2n) is 4.66. The predicted octanol–water partition coefficient (Wildman–Crippen LogP) is 1.60. The topological polar surface area (TPSA) is 59.1 Å². The molecule has 0 aromatic carbocycles. The van der Waals surface area contributed by atoms with Gasteiger partial charge < -0.3 is 15.4 Å². The van der Waals surface area contributed by atoms with Crippen molar-refractivity contribution in [2.24, 2.45) is 5.92 Å². The van der Waals surface area contributed by atoms with Crippen LogP contribution in [0.15, 0.2) is 6.07 Å². The summed E-state index contributed by atoms with van der Waals surface area (Å²) in [5.41, 5.74) is 0. The van der Waals surface area contributed by atoms with E-state index in [0.29, 0.717) is 18.4 Å². The minimum Gasteiger partial charge on any atom is -0.478 e. The van der Waals surface area contributed by atoms with E-state index in [2.05, 4.69) is 20.6 Å². The number of anilines is 1. The summed E-state index contributed by atoms with van der Waals surface area (Å²) in [6.07, 6.45) is 2.54. The van der Waals surface area contributed by atoms with Gasteiger partial charge in [-0.15, -0.1) is 0 Å². The van der Waals surface area contributed by atoms with Crippen LogP contribution in [0.4, 0.5) is 5.82 Å². The van der Waals surface area contributed by atoms with Crippen molar-refractivity contribution in [3.8, 4) is 5.88 Å². The molecule has 1 aromatic heterocycles. The largest absolute Gasteiger partial charge is 0.478 e. The summed E-state index contributed by atoms with van der Waals surface area (Å²) < 4.78 is 5.42. The Kier molecular flexibility index (Phi) is 4.75. The number of hydrogen-bond acceptors (Lipinski definition) is 5. The maximum Gasteiger partial charge on any atom is 0.218 e. The molecule has 18 heavy (non-hydrogen) atoms. The highest BCUT2D eigenvalue weighted by Crippen LogP contribution is 2.15. The molecule has 5 nitrogen and oxygen atoms in total.